The molecule has 0 fully saturated rings. The third-order valence-corrected chi connectivity index (χ3v) is 3.96. The smallest absolute Gasteiger partial charge is 0.124 e. The summed E-state index contributed by atoms with van der Waals surface area (Å²) in [6.07, 6.45) is 0.129. The Labute approximate surface area is 133 Å². The van der Waals surface area contributed by atoms with Gasteiger partial charge in [-0.15, -0.1) is 0 Å². The molecule has 0 heterocycles. The number of nitrogens with one attached hydrogen (secondary N) is 1. The van der Waals surface area contributed by atoms with Crippen LogP contribution in [0.1, 0.15) is 31.0 Å². The maximum absolute atomic E-state index is 5.89. The highest BCUT2D eigenvalue weighted by Crippen LogP contribution is 2.32. The molecule has 0 radical (unpaired) electrons. The maximum Gasteiger partial charge on any atom is 0.124 e. The molecule has 20 heavy (non-hydrogen) atoms. The molecule has 0 aliphatic heterocycles. The van der Waals surface area contributed by atoms with Gasteiger partial charge in [0, 0.05) is 9.13 Å². The van der Waals surface area contributed by atoms with E-state index in [0.29, 0.717) is 0 Å². The van der Waals surface area contributed by atoms with Gasteiger partial charge in [-0.05, 0) is 54.1 Å². The van der Waals surface area contributed by atoms with Crippen LogP contribution in [-0.4, -0.2) is 6.10 Å². The molecular formula is C16H19IN2O. The lowest BCUT2D eigenvalue weighted by Gasteiger charge is -2.22. The number of hydrogen-bond acceptors (Lipinski definition) is 3. The zero-order valence-electron chi connectivity index (χ0n) is 11.6. The van der Waals surface area contributed by atoms with E-state index in [1.807, 2.05) is 50.2 Å². The van der Waals surface area contributed by atoms with Gasteiger partial charge in [-0.1, -0.05) is 36.4 Å². The molecule has 3 nitrogen and oxygen atoms in total. The molecule has 4 heteroatoms. The second kappa shape index (κ2) is 7.06. The SMILES string of the molecule is CC(C)Oc1ccccc1C(NN)c1ccccc1I. The summed E-state index contributed by atoms with van der Waals surface area (Å²) in [5, 5.41) is 0. The Balaban J connectivity index is 2.45. The lowest BCUT2D eigenvalue weighted by atomic mass is 9.98. The van der Waals surface area contributed by atoms with Crippen LogP contribution in [0.15, 0.2) is 48.5 Å². The second-order valence-corrected chi connectivity index (χ2v) is 5.99. The summed E-state index contributed by atoms with van der Waals surface area (Å²) in [4.78, 5) is 0. The topological polar surface area (TPSA) is 47.3 Å². The van der Waals surface area contributed by atoms with E-state index < -0.39 is 0 Å². The van der Waals surface area contributed by atoms with Gasteiger partial charge in [-0.3, -0.25) is 5.84 Å². The average molecular weight is 382 g/mol. The van der Waals surface area contributed by atoms with Crippen molar-refractivity contribution in [1.82, 2.24) is 5.43 Å². The van der Waals surface area contributed by atoms with Crippen molar-refractivity contribution in [3.63, 3.8) is 0 Å². The van der Waals surface area contributed by atoms with Crippen molar-refractivity contribution in [3.8, 4) is 5.75 Å². The third kappa shape index (κ3) is 3.50. The minimum Gasteiger partial charge on any atom is -0.491 e. The van der Waals surface area contributed by atoms with Gasteiger partial charge in [0.1, 0.15) is 5.75 Å². The summed E-state index contributed by atoms with van der Waals surface area (Å²) in [5.74, 6) is 6.66. The summed E-state index contributed by atoms with van der Waals surface area (Å²) in [6, 6.07) is 16.1. The number of benzene rings is 2. The van der Waals surface area contributed by atoms with Crippen LogP contribution < -0.4 is 16.0 Å². The molecule has 1 unspecified atom stereocenters. The lowest BCUT2D eigenvalue weighted by molar-refractivity contribution is 0.238. The fraction of sp³-hybridized carbons (Fsp3) is 0.250. The fourth-order valence-electron chi connectivity index (χ4n) is 2.14. The van der Waals surface area contributed by atoms with Crippen LogP contribution in [0.4, 0.5) is 0 Å². The average Bonchev–Trinajstić information content (AvgIpc) is 2.43. The highest BCUT2D eigenvalue weighted by Gasteiger charge is 2.19. The first kappa shape index (κ1) is 15.3. The first-order valence-corrected chi connectivity index (χ1v) is 7.67. The molecule has 0 amide bonds. The first-order chi connectivity index (χ1) is 9.63. The predicted molar refractivity (Wildman–Crippen MR) is 90.5 cm³/mol. The molecule has 2 aromatic rings. The molecule has 0 bridgehead atoms. The number of nitrogens with two attached hydrogens (primary N) is 1. The molecule has 0 saturated heterocycles. The van der Waals surface area contributed by atoms with E-state index in [-0.39, 0.29) is 12.1 Å². The molecule has 106 valence electrons. The normalized spacial score (nSPS) is 12.4. The van der Waals surface area contributed by atoms with Gasteiger partial charge >= 0.3 is 0 Å². The van der Waals surface area contributed by atoms with E-state index in [1.165, 1.54) is 3.57 Å². The summed E-state index contributed by atoms with van der Waals surface area (Å²) < 4.78 is 7.07. The lowest BCUT2D eigenvalue weighted by Crippen LogP contribution is -2.30. The Hall–Kier alpha value is -1.11. The van der Waals surface area contributed by atoms with Gasteiger partial charge in [0.05, 0.1) is 12.1 Å². The van der Waals surface area contributed by atoms with Gasteiger partial charge in [0.2, 0.25) is 0 Å². The van der Waals surface area contributed by atoms with Crippen molar-refractivity contribution >= 4 is 22.6 Å². The van der Waals surface area contributed by atoms with Crippen LogP contribution in [-0.2, 0) is 0 Å². The van der Waals surface area contributed by atoms with Crippen LogP contribution in [0, 0.1) is 3.57 Å². The number of hydrogen-bond donors (Lipinski definition) is 2. The first-order valence-electron chi connectivity index (χ1n) is 6.59. The Morgan fingerprint density at radius 1 is 1.00 bits per heavy atom. The van der Waals surface area contributed by atoms with Crippen molar-refractivity contribution in [1.29, 1.82) is 0 Å². The summed E-state index contributed by atoms with van der Waals surface area (Å²) in [7, 11) is 0. The third-order valence-electron chi connectivity index (χ3n) is 2.98. The van der Waals surface area contributed by atoms with E-state index in [9.17, 15) is 0 Å². The number of ether oxygens (including phenoxy) is 1. The molecule has 3 N–H and O–H groups in total. The molecule has 0 spiro atoms. The minimum absolute atomic E-state index is 0.0851. The van der Waals surface area contributed by atoms with Crippen molar-refractivity contribution in [2.45, 2.75) is 26.0 Å². The highest BCUT2D eigenvalue weighted by molar-refractivity contribution is 14.1. The Bertz CT molecular complexity index is 572. The van der Waals surface area contributed by atoms with E-state index >= 15 is 0 Å². The van der Waals surface area contributed by atoms with Gasteiger partial charge < -0.3 is 4.74 Å². The maximum atomic E-state index is 5.89. The number of rotatable bonds is 5. The largest absolute Gasteiger partial charge is 0.491 e. The van der Waals surface area contributed by atoms with Gasteiger partial charge in [-0.25, -0.2) is 5.43 Å². The minimum atomic E-state index is -0.0851. The molecule has 0 aromatic heterocycles. The summed E-state index contributed by atoms with van der Waals surface area (Å²) in [6.45, 7) is 4.04. The summed E-state index contributed by atoms with van der Waals surface area (Å²) >= 11 is 2.33. The standard InChI is InChI=1S/C16H19IN2O/c1-11(2)20-15-10-6-4-8-13(15)16(19-18)12-7-3-5-9-14(12)17/h3-11,16,19H,18H2,1-2H3. The van der Waals surface area contributed by atoms with Gasteiger partial charge in [0.15, 0.2) is 0 Å². The predicted octanol–water partition coefficient (Wildman–Crippen LogP) is 3.63. The second-order valence-electron chi connectivity index (χ2n) is 4.83. The van der Waals surface area contributed by atoms with Crippen LogP contribution in [0.2, 0.25) is 0 Å². The van der Waals surface area contributed by atoms with Crippen LogP contribution in [0.25, 0.3) is 0 Å². The van der Waals surface area contributed by atoms with Crippen molar-refractivity contribution in [2.24, 2.45) is 5.84 Å². The van der Waals surface area contributed by atoms with E-state index in [2.05, 4.69) is 40.1 Å². The van der Waals surface area contributed by atoms with Gasteiger partial charge in [-0.2, -0.15) is 0 Å². The number of para-hydroxylation sites is 1. The van der Waals surface area contributed by atoms with Crippen molar-refractivity contribution < 1.29 is 4.74 Å². The molecule has 1 atom stereocenters. The van der Waals surface area contributed by atoms with E-state index in [0.717, 1.165) is 16.9 Å². The van der Waals surface area contributed by atoms with Gasteiger partial charge in [0.25, 0.3) is 0 Å². The van der Waals surface area contributed by atoms with Crippen molar-refractivity contribution in [3.05, 3.63) is 63.2 Å². The Kier molecular flexibility index (Phi) is 5.39. The van der Waals surface area contributed by atoms with Crippen LogP contribution >= 0.6 is 22.6 Å². The Morgan fingerprint density at radius 3 is 2.20 bits per heavy atom. The van der Waals surface area contributed by atoms with E-state index in [4.69, 9.17) is 10.6 Å². The van der Waals surface area contributed by atoms with Crippen LogP contribution in [0.5, 0.6) is 5.75 Å². The highest BCUT2D eigenvalue weighted by atomic mass is 127. The zero-order chi connectivity index (χ0) is 14.5. The van der Waals surface area contributed by atoms with Crippen molar-refractivity contribution in [2.75, 3.05) is 0 Å². The zero-order valence-corrected chi connectivity index (χ0v) is 13.8. The quantitative estimate of drug-likeness (QED) is 0.472. The molecule has 2 rings (SSSR count). The monoisotopic (exact) mass is 382 g/mol. The molecule has 0 saturated carbocycles. The molecule has 0 aliphatic rings. The van der Waals surface area contributed by atoms with Crippen LogP contribution in [0.3, 0.4) is 0 Å². The fourth-order valence-corrected chi connectivity index (χ4v) is 2.84. The molecule has 2 aromatic carbocycles. The molecule has 0 aliphatic carbocycles. The Morgan fingerprint density at radius 2 is 1.60 bits per heavy atom. The summed E-state index contributed by atoms with van der Waals surface area (Å²) in [5.41, 5.74) is 5.10. The number of halogens is 1. The molecular weight excluding hydrogens is 363 g/mol. The number of hydrazine groups is 1. The van der Waals surface area contributed by atoms with E-state index in [1.54, 1.807) is 0 Å².